The summed E-state index contributed by atoms with van der Waals surface area (Å²) in [6, 6.07) is 10.6. The lowest BCUT2D eigenvalue weighted by Gasteiger charge is -2.37. The fourth-order valence-electron chi connectivity index (χ4n) is 3.67. The van der Waals surface area contributed by atoms with Gasteiger partial charge in [-0.3, -0.25) is 0 Å². The smallest absolute Gasteiger partial charge is 0.335 e. The van der Waals surface area contributed by atoms with E-state index >= 15 is 0 Å². The average molecular weight is 364 g/mol. The number of rotatable bonds is 2. The van der Waals surface area contributed by atoms with Gasteiger partial charge in [0.1, 0.15) is 0 Å². The topological polar surface area (TPSA) is 58.6 Å². The van der Waals surface area contributed by atoms with E-state index in [4.69, 9.17) is 27.9 Å². The first-order valence-corrected chi connectivity index (χ1v) is 8.50. The number of benzene rings is 2. The molecule has 1 fully saturated rings. The van der Waals surface area contributed by atoms with Gasteiger partial charge >= 0.3 is 5.97 Å². The molecule has 24 heavy (non-hydrogen) atoms. The van der Waals surface area contributed by atoms with E-state index in [9.17, 15) is 9.90 Å². The first-order chi connectivity index (χ1) is 11.5. The molecule has 2 heterocycles. The lowest BCUT2D eigenvalue weighted by Crippen LogP contribution is -2.29. The summed E-state index contributed by atoms with van der Waals surface area (Å²) in [5.74, 6) is -0.740. The first kappa shape index (κ1) is 15.8. The van der Waals surface area contributed by atoms with Crippen molar-refractivity contribution in [2.75, 3.05) is 11.9 Å². The average Bonchev–Trinajstić information content (AvgIpc) is 3.04. The number of ether oxygens (including phenoxy) is 1. The number of fused-ring (bicyclic) bond motifs is 3. The quantitative estimate of drug-likeness (QED) is 0.793. The summed E-state index contributed by atoms with van der Waals surface area (Å²) >= 11 is 12.4. The molecule has 1 saturated heterocycles. The number of hydrogen-bond donors (Lipinski definition) is 2. The fourth-order valence-corrected chi connectivity index (χ4v) is 4.19. The summed E-state index contributed by atoms with van der Waals surface area (Å²) in [5, 5.41) is 14.0. The Bertz CT molecular complexity index is 824. The van der Waals surface area contributed by atoms with Crippen LogP contribution in [-0.4, -0.2) is 17.7 Å². The number of carboxylic acids is 1. The van der Waals surface area contributed by atoms with E-state index in [1.165, 1.54) is 0 Å². The van der Waals surface area contributed by atoms with E-state index in [-0.39, 0.29) is 23.6 Å². The van der Waals surface area contributed by atoms with Gasteiger partial charge in [0.25, 0.3) is 0 Å². The zero-order chi connectivity index (χ0) is 16.8. The fraction of sp³-hybridized carbons (Fsp3) is 0.278. The predicted octanol–water partition coefficient (Wildman–Crippen LogP) is 4.94. The van der Waals surface area contributed by atoms with Crippen molar-refractivity contribution in [1.82, 2.24) is 0 Å². The molecule has 2 aliphatic rings. The molecule has 0 bridgehead atoms. The molecule has 2 N–H and O–H groups in total. The van der Waals surface area contributed by atoms with Crippen LogP contribution in [0.15, 0.2) is 36.4 Å². The van der Waals surface area contributed by atoms with Gasteiger partial charge in [-0.2, -0.15) is 0 Å². The second kappa shape index (κ2) is 5.96. The molecule has 0 spiro atoms. The number of carboxylic acid groups (broad SMARTS) is 1. The molecule has 6 heteroatoms. The highest BCUT2D eigenvalue weighted by molar-refractivity contribution is 6.35. The van der Waals surface area contributed by atoms with Crippen LogP contribution in [0.1, 0.15) is 40.1 Å². The van der Waals surface area contributed by atoms with Crippen LogP contribution in [0, 0.1) is 5.92 Å². The van der Waals surface area contributed by atoms with Gasteiger partial charge in [0.15, 0.2) is 0 Å². The van der Waals surface area contributed by atoms with E-state index in [2.05, 4.69) is 5.32 Å². The van der Waals surface area contributed by atoms with E-state index in [0.29, 0.717) is 16.7 Å². The Morgan fingerprint density at radius 1 is 1.17 bits per heavy atom. The number of hydrogen-bond acceptors (Lipinski definition) is 3. The van der Waals surface area contributed by atoms with Gasteiger partial charge < -0.3 is 15.2 Å². The van der Waals surface area contributed by atoms with Crippen molar-refractivity contribution in [2.45, 2.75) is 18.6 Å². The number of nitrogens with one attached hydrogen (secondary N) is 1. The van der Waals surface area contributed by atoms with Gasteiger partial charge in [-0.1, -0.05) is 29.3 Å². The second-order valence-corrected chi connectivity index (χ2v) is 6.98. The van der Waals surface area contributed by atoms with Crippen LogP contribution >= 0.6 is 23.2 Å². The highest BCUT2D eigenvalue weighted by Gasteiger charge is 2.42. The van der Waals surface area contributed by atoms with E-state index < -0.39 is 5.97 Å². The summed E-state index contributed by atoms with van der Waals surface area (Å²) in [5.41, 5.74) is 3.04. The first-order valence-electron chi connectivity index (χ1n) is 7.75. The molecule has 0 unspecified atom stereocenters. The maximum atomic E-state index is 11.3. The van der Waals surface area contributed by atoms with Crippen LogP contribution in [0.3, 0.4) is 0 Å². The predicted molar refractivity (Wildman–Crippen MR) is 93.0 cm³/mol. The number of aromatic carboxylic acids is 1. The van der Waals surface area contributed by atoms with E-state index in [1.807, 2.05) is 12.1 Å². The number of carbonyl (C=O) groups is 1. The summed E-state index contributed by atoms with van der Waals surface area (Å²) in [6.45, 7) is 0.648. The number of anilines is 1. The van der Waals surface area contributed by atoms with Gasteiger partial charge in [-0.15, -0.1) is 0 Å². The molecule has 2 aromatic carbocycles. The minimum atomic E-state index is -0.935. The zero-order valence-corrected chi connectivity index (χ0v) is 14.1. The summed E-state index contributed by atoms with van der Waals surface area (Å²) in [7, 11) is 0. The molecular weight excluding hydrogens is 349 g/mol. The van der Waals surface area contributed by atoms with Crippen LogP contribution in [0.25, 0.3) is 0 Å². The Morgan fingerprint density at radius 3 is 2.75 bits per heavy atom. The summed E-state index contributed by atoms with van der Waals surface area (Å²) in [6.07, 6.45) is 0.759. The molecule has 4 rings (SSSR count). The molecule has 3 atom stereocenters. The van der Waals surface area contributed by atoms with Crippen molar-refractivity contribution in [3.8, 4) is 0 Å². The van der Waals surface area contributed by atoms with Crippen LogP contribution < -0.4 is 5.32 Å². The van der Waals surface area contributed by atoms with Gasteiger partial charge in [0.2, 0.25) is 0 Å². The monoisotopic (exact) mass is 363 g/mol. The number of halogens is 2. The Labute approximate surface area is 149 Å². The molecule has 4 nitrogen and oxygen atoms in total. The van der Waals surface area contributed by atoms with Crippen molar-refractivity contribution >= 4 is 34.9 Å². The maximum Gasteiger partial charge on any atom is 0.335 e. The molecule has 2 aromatic rings. The van der Waals surface area contributed by atoms with Crippen LogP contribution in [0.5, 0.6) is 0 Å². The standard InChI is InChI=1S/C18H15Cl2NO3/c19-10-2-3-11(14(20)8-10)16-12-5-6-24-17(12)13-7-9(18(22)23)1-4-15(13)21-16/h1-4,7-8,12,16-17,21H,5-6H2,(H,22,23)/t12-,16-,17-/m1/s1. The highest BCUT2D eigenvalue weighted by atomic mass is 35.5. The van der Waals surface area contributed by atoms with Gasteiger partial charge in [-0.25, -0.2) is 4.79 Å². The van der Waals surface area contributed by atoms with Crippen molar-refractivity contribution in [3.63, 3.8) is 0 Å². The third kappa shape index (κ3) is 2.55. The SMILES string of the molecule is O=C(O)c1ccc2c(c1)[C@@H]1OCC[C@@H]1[C@@H](c1ccc(Cl)cc1Cl)N2. The van der Waals surface area contributed by atoms with Gasteiger partial charge in [0, 0.05) is 33.8 Å². The normalized spacial score (nSPS) is 24.8. The Balaban J connectivity index is 1.78. The van der Waals surface area contributed by atoms with Crippen LogP contribution in [-0.2, 0) is 4.74 Å². The van der Waals surface area contributed by atoms with Crippen molar-refractivity contribution in [3.05, 3.63) is 63.1 Å². The third-order valence-electron chi connectivity index (χ3n) is 4.78. The minimum Gasteiger partial charge on any atom is -0.478 e. The lowest BCUT2D eigenvalue weighted by atomic mass is 9.80. The Kier molecular flexibility index (Phi) is 3.91. The van der Waals surface area contributed by atoms with Gasteiger partial charge in [0.05, 0.1) is 17.7 Å². The van der Waals surface area contributed by atoms with Crippen LogP contribution in [0.2, 0.25) is 10.0 Å². The van der Waals surface area contributed by atoms with E-state index in [1.54, 1.807) is 24.3 Å². The zero-order valence-electron chi connectivity index (χ0n) is 12.6. The van der Waals surface area contributed by atoms with Gasteiger partial charge in [-0.05, 0) is 42.3 Å². The van der Waals surface area contributed by atoms with Crippen molar-refractivity contribution < 1.29 is 14.6 Å². The Hall–Kier alpha value is -1.75. The molecule has 0 saturated carbocycles. The molecular formula is C18H15Cl2NO3. The highest BCUT2D eigenvalue weighted by Crippen LogP contribution is 2.51. The molecule has 2 aliphatic heterocycles. The molecule has 0 aliphatic carbocycles. The molecule has 0 aromatic heterocycles. The van der Waals surface area contributed by atoms with Crippen LogP contribution in [0.4, 0.5) is 5.69 Å². The molecule has 124 valence electrons. The molecule has 0 amide bonds. The molecule has 0 radical (unpaired) electrons. The minimum absolute atomic E-state index is 0.00504. The maximum absolute atomic E-state index is 11.3. The largest absolute Gasteiger partial charge is 0.478 e. The van der Waals surface area contributed by atoms with Crippen molar-refractivity contribution in [1.29, 1.82) is 0 Å². The summed E-state index contributed by atoms with van der Waals surface area (Å²) in [4.78, 5) is 11.3. The lowest BCUT2D eigenvalue weighted by molar-refractivity contribution is 0.0694. The summed E-state index contributed by atoms with van der Waals surface area (Å²) < 4.78 is 5.93. The third-order valence-corrected chi connectivity index (χ3v) is 5.34. The second-order valence-electron chi connectivity index (χ2n) is 6.14. The van der Waals surface area contributed by atoms with E-state index in [0.717, 1.165) is 23.2 Å². The Morgan fingerprint density at radius 2 is 2.00 bits per heavy atom. The van der Waals surface area contributed by atoms with Crippen molar-refractivity contribution in [2.24, 2.45) is 5.92 Å².